The number of nitrogens with zero attached hydrogens (tertiary/aromatic N) is 3. The fraction of sp³-hybridized carbons (Fsp3) is 0.526. The number of methoxy groups -OCH3 is 1. The highest BCUT2D eigenvalue weighted by atomic mass is 16.5. The fourth-order valence-electron chi connectivity index (χ4n) is 3.87. The molecule has 0 radical (unpaired) electrons. The summed E-state index contributed by atoms with van der Waals surface area (Å²) in [4.78, 5) is 18.8. The van der Waals surface area contributed by atoms with Crippen LogP contribution in [0, 0.1) is 0 Å². The van der Waals surface area contributed by atoms with E-state index in [1.165, 1.54) is 0 Å². The van der Waals surface area contributed by atoms with Crippen molar-refractivity contribution in [3.8, 4) is 5.75 Å². The zero-order valence-electron chi connectivity index (χ0n) is 15.0. The highest BCUT2D eigenvalue weighted by Crippen LogP contribution is 2.36. The Kier molecular flexibility index (Phi) is 4.40. The van der Waals surface area contributed by atoms with E-state index in [2.05, 4.69) is 10.1 Å². The first-order valence-corrected chi connectivity index (χ1v) is 9.11. The third-order valence-electron chi connectivity index (χ3n) is 5.48. The van der Waals surface area contributed by atoms with E-state index >= 15 is 0 Å². The SMILES string of the molecule is COc1ccc(CN2CC(c3nc(C4(N)CCCC4)no3)CC2=O)cc1. The van der Waals surface area contributed by atoms with Crippen molar-refractivity contribution in [2.75, 3.05) is 13.7 Å². The van der Waals surface area contributed by atoms with Crippen LogP contribution in [0.15, 0.2) is 28.8 Å². The summed E-state index contributed by atoms with van der Waals surface area (Å²) >= 11 is 0. The number of hydrogen-bond donors (Lipinski definition) is 1. The van der Waals surface area contributed by atoms with Crippen molar-refractivity contribution in [1.82, 2.24) is 15.0 Å². The van der Waals surface area contributed by atoms with E-state index in [1.807, 2.05) is 29.2 Å². The number of likely N-dealkylation sites (tertiary alicyclic amines) is 1. The van der Waals surface area contributed by atoms with Crippen molar-refractivity contribution in [1.29, 1.82) is 0 Å². The molecule has 4 rings (SSSR count). The molecule has 7 heteroatoms. The van der Waals surface area contributed by atoms with Crippen LogP contribution >= 0.6 is 0 Å². The molecule has 1 amide bonds. The van der Waals surface area contributed by atoms with E-state index in [4.69, 9.17) is 15.0 Å². The molecule has 138 valence electrons. The number of ether oxygens (including phenoxy) is 1. The van der Waals surface area contributed by atoms with Gasteiger partial charge in [0.15, 0.2) is 5.82 Å². The smallest absolute Gasteiger partial charge is 0.232 e. The van der Waals surface area contributed by atoms with E-state index < -0.39 is 5.54 Å². The van der Waals surface area contributed by atoms with Crippen molar-refractivity contribution < 1.29 is 14.1 Å². The Labute approximate surface area is 152 Å². The highest BCUT2D eigenvalue weighted by molar-refractivity contribution is 5.79. The Bertz CT molecular complexity index is 780. The Morgan fingerprint density at radius 2 is 2.04 bits per heavy atom. The second-order valence-electron chi connectivity index (χ2n) is 7.34. The maximum absolute atomic E-state index is 12.4. The van der Waals surface area contributed by atoms with Crippen LogP contribution in [0.1, 0.15) is 55.3 Å². The average Bonchev–Trinajstić information content (AvgIpc) is 3.37. The van der Waals surface area contributed by atoms with Gasteiger partial charge >= 0.3 is 0 Å². The number of benzene rings is 1. The van der Waals surface area contributed by atoms with Gasteiger partial charge in [-0.1, -0.05) is 30.1 Å². The second-order valence-corrected chi connectivity index (χ2v) is 7.34. The number of carbonyl (C=O) groups excluding carboxylic acids is 1. The predicted molar refractivity (Wildman–Crippen MR) is 94.4 cm³/mol. The van der Waals surface area contributed by atoms with Crippen molar-refractivity contribution in [3.63, 3.8) is 0 Å². The van der Waals surface area contributed by atoms with E-state index in [1.54, 1.807) is 7.11 Å². The molecule has 1 aliphatic carbocycles. The topological polar surface area (TPSA) is 94.5 Å². The van der Waals surface area contributed by atoms with Gasteiger partial charge in [-0.25, -0.2) is 0 Å². The molecule has 0 spiro atoms. The first kappa shape index (κ1) is 17.0. The molecule has 26 heavy (non-hydrogen) atoms. The Balaban J connectivity index is 1.43. The van der Waals surface area contributed by atoms with Crippen molar-refractivity contribution in [2.24, 2.45) is 5.73 Å². The number of amides is 1. The van der Waals surface area contributed by atoms with E-state index in [0.29, 0.717) is 31.2 Å². The zero-order chi connectivity index (χ0) is 18.1. The molecule has 1 aromatic carbocycles. The summed E-state index contributed by atoms with van der Waals surface area (Å²) < 4.78 is 10.6. The normalized spacial score (nSPS) is 22.2. The summed E-state index contributed by atoms with van der Waals surface area (Å²) in [6, 6.07) is 7.75. The van der Waals surface area contributed by atoms with Crippen molar-refractivity contribution in [2.45, 2.75) is 50.1 Å². The minimum atomic E-state index is -0.465. The first-order valence-electron chi connectivity index (χ1n) is 9.11. The van der Waals surface area contributed by atoms with Crippen LogP contribution in [0.3, 0.4) is 0 Å². The van der Waals surface area contributed by atoms with Gasteiger partial charge in [-0.15, -0.1) is 0 Å². The van der Waals surface area contributed by atoms with Gasteiger partial charge in [0.1, 0.15) is 5.75 Å². The Hall–Kier alpha value is -2.41. The summed E-state index contributed by atoms with van der Waals surface area (Å²) in [5, 5.41) is 4.11. The molecule has 2 fully saturated rings. The van der Waals surface area contributed by atoms with Crippen LogP contribution in [0.25, 0.3) is 0 Å². The zero-order valence-corrected chi connectivity index (χ0v) is 15.0. The number of hydrogen-bond acceptors (Lipinski definition) is 6. The minimum absolute atomic E-state index is 0.0630. The number of rotatable bonds is 5. The second kappa shape index (κ2) is 6.72. The molecular weight excluding hydrogens is 332 g/mol. The number of carbonyl (C=O) groups is 1. The summed E-state index contributed by atoms with van der Waals surface area (Å²) in [5.74, 6) is 1.97. The van der Waals surface area contributed by atoms with Gasteiger partial charge in [0.2, 0.25) is 11.8 Å². The molecule has 2 aliphatic rings. The number of nitrogens with two attached hydrogens (primary N) is 1. The van der Waals surface area contributed by atoms with Gasteiger partial charge in [-0.2, -0.15) is 4.98 Å². The predicted octanol–water partition coefficient (Wildman–Crippen LogP) is 2.32. The molecule has 1 aliphatic heterocycles. The lowest BCUT2D eigenvalue weighted by Crippen LogP contribution is -2.34. The molecule has 2 N–H and O–H groups in total. The van der Waals surface area contributed by atoms with Crippen LogP contribution in [0.5, 0.6) is 5.75 Å². The first-order chi connectivity index (χ1) is 12.6. The van der Waals surface area contributed by atoms with E-state index in [-0.39, 0.29) is 11.8 Å². The fourth-order valence-corrected chi connectivity index (χ4v) is 3.87. The van der Waals surface area contributed by atoms with E-state index in [9.17, 15) is 4.79 Å². The van der Waals surface area contributed by atoms with Crippen LogP contribution in [-0.2, 0) is 16.9 Å². The Morgan fingerprint density at radius 1 is 1.31 bits per heavy atom. The van der Waals surface area contributed by atoms with Crippen LogP contribution in [0.2, 0.25) is 0 Å². The molecule has 0 bridgehead atoms. The van der Waals surface area contributed by atoms with Crippen LogP contribution < -0.4 is 10.5 Å². The maximum atomic E-state index is 12.4. The van der Waals surface area contributed by atoms with Crippen molar-refractivity contribution in [3.05, 3.63) is 41.5 Å². The van der Waals surface area contributed by atoms with E-state index in [0.717, 1.165) is 37.0 Å². The molecule has 1 aromatic heterocycles. The molecule has 7 nitrogen and oxygen atoms in total. The van der Waals surface area contributed by atoms with Crippen molar-refractivity contribution >= 4 is 5.91 Å². The van der Waals surface area contributed by atoms with Gasteiger partial charge in [-0.05, 0) is 30.5 Å². The van der Waals surface area contributed by atoms with Gasteiger partial charge in [-0.3, -0.25) is 4.79 Å². The molecule has 1 atom stereocenters. The summed E-state index contributed by atoms with van der Waals surface area (Å²) in [7, 11) is 1.64. The standard InChI is InChI=1S/C19H24N4O3/c1-25-15-6-4-13(5-7-15)11-23-12-14(10-16(23)24)17-21-18(22-26-17)19(20)8-2-3-9-19/h4-7,14H,2-3,8-12,20H2,1H3. The molecule has 2 aromatic rings. The molecule has 1 unspecified atom stereocenters. The van der Waals surface area contributed by atoms with Crippen LogP contribution in [0.4, 0.5) is 0 Å². The highest BCUT2D eigenvalue weighted by Gasteiger charge is 2.39. The van der Waals surface area contributed by atoms with Gasteiger partial charge < -0.3 is 19.9 Å². The third-order valence-corrected chi connectivity index (χ3v) is 5.48. The quantitative estimate of drug-likeness (QED) is 0.883. The molecule has 2 heterocycles. The molecular formula is C19H24N4O3. The minimum Gasteiger partial charge on any atom is -0.497 e. The Morgan fingerprint density at radius 3 is 2.73 bits per heavy atom. The third kappa shape index (κ3) is 3.19. The lowest BCUT2D eigenvalue weighted by atomic mass is 9.98. The summed E-state index contributed by atoms with van der Waals surface area (Å²) in [6.07, 6.45) is 4.36. The van der Waals surface area contributed by atoms with Crippen LogP contribution in [-0.4, -0.2) is 34.6 Å². The number of aromatic nitrogens is 2. The average molecular weight is 356 g/mol. The lowest BCUT2D eigenvalue weighted by molar-refractivity contribution is -0.128. The monoisotopic (exact) mass is 356 g/mol. The largest absolute Gasteiger partial charge is 0.497 e. The molecule has 1 saturated heterocycles. The van der Waals surface area contributed by atoms with Gasteiger partial charge in [0.05, 0.1) is 18.6 Å². The summed E-state index contributed by atoms with van der Waals surface area (Å²) in [5.41, 5.74) is 7.00. The molecule has 1 saturated carbocycles. The van der Waals surface area contributed by atoms with Gasteiger partial charge in [0, 0.05) is 19.5 Å². The lowest BCUT2D eigenvalue weighted by Gasteiger charge is -2.18. The van der Waals surface area contributed by atoms with Gasteiger partial charge in [0.25, 0.3) is 0 Å². The maximum Gasteiger partial charge on any atom is 0.232 e. The summed E-state index contributed by atoms with van der Waals surface area (Å²) in [6.45, 7) is 1.16.